The molecule has 1 aliphatic heterocycles. The Kier molecular flexibility index (Phi) is 6.33. The van der Waals surface area contributed by atoms with E-state index in [-0.39, 0.29) is 5.95 Å². The van der Waals surface area contributed by atoms with Crippen molar-refractivity contribution in [3.05, 3.63) is 59.9 Å². The van der Waals surface area contributed by atoms with Crippen molar-refractivity contribution in [2.24, 2.45) is 0 Å². The predicted molar refractivity (Wildman–Crippen MR) is 84.4 cm³/mol. The van der Waals surface area contributed by atoms with Gasteiger partial charge in [-0.1, -0.05) is 34.2 Å². The van der Waals surface area contributed by atoms with Crippen molar-refractivity contribution >= 4 is 21.9 Å². The number of rotatable bonds is 6. The highest BCUT2D eigenvalue weighted by molar-refractivity contribution is 9.09. The molecule has 0 aromatic carbocycles. The molecular formula is C16H17BrO5. The van der Waals surface area contributed by atoms with Crippen molar-refractivity contribution in [1.29, 1.82) is 0 Å². The van der Waals surface area contributed by atoms with Crippen molar-refractivity contribution in [2.45, 2.75) is 19.8 Å². The Bertz CT molecular complexity index is 569. The predicted octanol–water partition coefficient (Wildman–Crippen LogP) is 3.81. The Morgan fingerprint density at radius 3 is 3.00 bits per heavy atom. The maximum absolute atomic E-state index is 11.4. The van der Waals surface area contributed by atoms with E-state index in [1.54, 1.807) is 6.92 Å². The topological polar surface area (TPSA) is 54.0 Å². The zero-order valence-electron chi connectivity index (χ0n) is 12.2. The Balaban J connectivity index is 1.98. The first-order chi connectivity index (χ1) is 10.7. The molecule has 2 rings (SSSR count). The van der Waals surface area contributed by atoms with Crippen LogP contribution in [0.5, 0.6) is 0 Å². The first-order valence-corrected chi connectivity index (χ1v) is 8.06. The minimum absolute atomic E-state index is 0.169. The highest BCUT2D eigenvalue weighted by atomic mass is 79.9. The zero-order chi connectivity index (χ0) is 15.8. The van der Waals surface area contributed by atoms with E-state index in [0.717, 1.165) is 18.4 Å². The second kappa shape index (κ2) is 8.48. The second-order valence-electron chi connectivity index (χ2n) is 4.41. The third-order valence-corrected chi connectivity index (χ3v) is 3.36. The number of allylic oxidation sites excluding steroid dienone is 5. The van der Waals surface area contributed by atoms with Gasteiger partial charge in [-0.25, -0.2) is 4.79 Å². The molecule has 0 aromatic heterocycles. The smallest absolute Gasteiger partial charge is 0.334 e. The van der Waals surface area contributed by atoms with Gasteiger partial charge in [0.15, 0.2) is 12.0 Å². The lowest BCUT2D eigenvalue weighted by Gasteiger charge is -2.19. The fourth-order valence-electron chi connectivity index (χ4n) is 1.84. The molecule has 1 heterocycles. The van der Waals surface area contributed by atoms with Crippen molar-refractivity contribution < 1.29 is 23.7 Å². The maximum atomic E-state index is 11.4. The van der Waals surface area contributed by atoms with Crippen molar-refractivity contribution in [2.75, 3.05) is 11.9 Å². The number of hydrogen-bond donors (Lipinski definition) is 0. The Morgan fingerprint density at radius 1 is 1.45 bits per heavy atom. The summed E-state index contributed by atoms with van der Waals surface area (Å²) in [7, 11) is 0. The lowest BCUT2D eigenvalue weighted by Crippen LogP contribution is -2.08. The number of hydrogen-bond acceptors (Lipinski definition) is 5. The lowest BCUT2D eigenvalue weighted by atomic mass is 10.0. The van der Waals surface area contributed by atoms with Gasteiger partial charge in [0, 0.05) is 0 Å². The van der Waals surface area contributed by atoms with Crippen LogP contribution in [0.25, 0.3) is 0 Å². The Morgan fingerprint density at radius 2 is 2.32 bits per heavy atom. The molecule has 0 spiro atoms. The third-order valence-electron chi connectivity index (χ3n) is 2.81. The van der Waals surface area contributed by atoms with E-state index in [4.69, 9.17) is 18.9 Å². The number of carbonyl (C=O) groups is 1. The minimum atomic E-state index is -0.467. The average molecular weight is 369 g/mol. The second-order valence-corrected chi connectivity index (χ2v) is 4.97. The number of alkyl halides is 1. The quantitative estimate of drug-likeness (QED) is 0.309. The molecule has 0 saturated heterocycles. The lowest BCUT2D eigenvalue weighted by molar-refractivity contribution is -0.137. The van der Waals surface area contributed by atoms with Crippen LogP contribution in [0, 0.1) is 0 Å². The third kappa shape index (κ3) is 4.80. The SMILES string of the molecule is CCOC(=O)C=C(CBr)OC1=COC=C(C2=CC=CCC2)O1. The first-order valence-electron chi connectivity index (χ1n) is 6.93. The van der Waals surface area contributed by atoms with Gasteiger partial charge < -0.3 is 18.9 Å². The summed E-state index contributed by atoms with van der Waals surface area (Å²) in [6, 6.07) is 0. The van der Waals surface area contributed by atoms with E-state index in [2.05, 4.69) is 22.0 Å². The molecule has 5 nitrogen and oxygen atoms in total. The van der Waals surface area contributed by atoms with Crippen LogP contribution in [0.2, 0.25) is 0 Å². The molecule has 0 saturated carbocycles. The van der Waals surface area contributed by atoms with Gasteiger partial charge >= 0.3 is 11.9 Å². The fourth-order valence-corrected chi connectivity index (χ4v) is 2.12. The highest BCUT2D eigenvalue weighted by Crippen LogP contribution is 2.27. The van der Waals surface area contributed by atoms with Gasteiger partial charge in [0.25, 0.3) is 0 Å². The Hall–Kier alpha value is -1.95. The summed E-state index contributed by atoms with van der Waals surface area (Å²) in [6.45, 7) is 2.05. The summed E-state index contributed by atoms with van der Waals surface area (Å²) in [5.41, 5.74) is 1.03. The van der Waals surface area contributed by atoms with Gasteiger partial charge in [0.05, 0.1) is 18.0 Å². The van der Waals surface area contributed by atoms with Crippen LogP contribution < -0.4 is 0 Å². The van der Waals surface area contributed by atoms with Crippen molar-refractivity contribution in [3.63, 3.8) is 0 Å². The molecule has 0 amide bonds. The number of halogens is 1. The number of esters is 1. The normalized spacial score (nSPS) is 17.5. The molecule has 0 atom stereocenters. The monoisotopic (exact) mass is 368 g/mol. The molecule has 0 radical (unpaired) electrons. The van der Waals surface area contributed by atoms with E-state index in [9.17, 15) is 4.79 Å². The number of ether oxygens (including phenoxy) is 4. The van der Waals surface area contributed by atoms with E-state index in [1.165, 1.54) is 18.6 Å². The fraction of sp³-hybridized carbons (Fsp3) is 0.312. The molecule has 0 bridgehead atoms. The molecule has 0 unspecified atom stereocenters. The summed E-state index contributed by atoms with van der Waals surface area (Å²) < 4.78 is 21.3. The number of carbonyl (C=O) groups excluding carboxylic acids is 1. The summed E-state index contributed by atoms with van der Waals surface area (Å²) in [5.74, 6) is 0.673. The molecule has 22 heavy (non-hydrogen) atoms. The van der Waals surface area contributed by atoms with Gasteiger partial charge in [0.2, 0.25) is 0 Å². The molecule has 0 fully saturated rings. The van der Waals surface area contributed by atoms with Crippen LogP contribution in [-0.2, 0) is 23.7 Å². The van der Waals surface area contributed by atoms with Gasteiger partial charge in [-0.3, -0.25) is 0 Å². The minimum Gasteiger partial charge on any atom is -0.463 e. The highest BCUT2D eigenvalue weighted by Gasteiger charge is 2.17. The molecule has 6 heteroatoms. The molecule has 1 aliphatic carbocycles. The van der Waals surface area contributed by atoms with Crippen LogP contribution in [-0.4, -0.2) is 17.9 Å². The average Bonchev–Trinajstić information content (AvgIpc) is 2.55. The van der Waals surface area contributed by atoms with Crippen molar-refractivity contribution in [1.82, 2.24) is 0 Å². The van der Waals surface area contributed by atoms with E-state index < -0.39 is 5.97 Å². The largest absolute Gasteiger partial charge is 0.463 e. The standard InChI is InChI=1S/C16H17BrO5/c1-2-20-15(18)8-13(9-17)21-16-11-19-10-14(22-16)12-6-4-3-5-7-12/h3-4,6,8,10-11H,2,5,7,9H2,1H3. The molecule has 118 valence electrons. The van der Waals surface area contributed by atoms with Crippen LogP contribution >= 0.6 is 15.9 Å². The van der Waals surface area contributed by atoms with Gasteiger partial charge in [-0.15, -0.1) is 0 Å². The summed E-state index contributed by atoms with van der Waals surface area (Å²) in [4.78, 5) is 11.4. The summed E-state index contributed by atoms with van der Waals surface area (Å²) >= 11 is 3.25. The molecule has 0 N–H and O–H groups in total. The molecule has 0 aromatic rings. The zero-order valence-corrected chi connectivity index (χ0v) is 13.8. The van der Waals surface area contributed by atoms with Crippen LogP contribution in [0.1, 0.15) is 19.8 Å². The van der Waals surface area contributed by atoms with E-state index >= 15 is 0 Å². The van der Waals surface area contributed by atoms with Crippen molar-refractivity contribution in [3.8, 4) is 0 Å². The van der Waals surface area contributed by atoms with Gasteiger partial charge in [-0.05, 0) is 25.3 Å². The summed E-state index contributed by atoms with van der Waals surface area (Å²) in [6.07, 6.45) is 12.0. The maximum Gasteiger partial charge on any atom is 0.334 e. The van der Waals surface area contributed by atoms with Crippen LogP contribution in [0.4, 0.5) is 0 Å². The summed E-state index contributed by atoms with van der Waals surface area (Å²) in [5, 5.41) is 0.344. The van der Waals surface area contributed by atoms with E-state index in [0.29, 0.717) is 23.5 Å². The Labute approximate surface area is 137 Å². The van der Waals surface area contributed by atoms with E-state index in [1.807, 2.05) is 12.2 Å². The van der Waals surface area contributed by atoms with Crippen LogP contribution in [0.3, 0.4) is 0 Å². The van der Waals surface area contributed by atoms with Gasteiger partial charge in [0.1, 0.15) is 12.0 Å². The van der Waals surface area contributed by atoms with Crippen LogP contribution in [0.15, 0.2) is 59.9 Å². The van der Waals surface area contributed by atoms with Gasteiger partial charge in [-0.2, -0.15) is 0 Å². The first kappa shape index (κ1) is 16.4. The molecular weight excluding hydrogens is 352 g/mol. The molecule has 2 aliphatic rings.